The van der Waals surface area contributed by atoms with E-state index < -0.39 is 18.0 Å². The van der Waals surface area contributed by atoms with Gasteiger partial charge in [0.25, 0.3) is 0 Å². The van der Waals surface area contributed by atoms with Gasteiger partial charge in [0.05, 0.1) is 5.75 Å². The van der Waals surface area contributed by atoms with Gasteiger partial charge < -0.3 is 20.0 Å². The number of rotatable bonds is 4. The molecule has 1 aliphatic rings. The lowest BCUT2D eigenvalue weighted by Crippen LogP contribution is -2.90. The Kier molecular flexibility index (Phi) is 5.11. The first-order chi connectivity index (χ1) is 11.4. The highest BCUT2D eigenvalue weighted by atomic mass is 127. The molecule has 1 saturated heterocycles. The van der Waals surface area contributed by atoms with Crippen LogP contribution in [0.1, 0.15) is 21.4 Å². The van der Waals surface area contributed by atoms with Crippen LogP contribution in [0.3, 0.4) is 0 Å². The summed E-state index contributed by atoms with van der Waals surface area (Å²) in [6, 6.07) is 8.21. The third-order valence-electron chi connectivity index (χ3n) is 3.62. The van der Waals surface area contributed by atoms with Crippen molar-refractivity contribution in [2.45, 2.75) is 11.4 Å². The Balaban J connectivity index is 1.73. The second-order valence-corrected chi connectivity index (χ2v) is 7.59. The minimum atomic E-state index is -1.06. The second-order valence-electron chi connectivity index (χ2n) is 5.31. The fourth-order valence-corrected chi connectivity index (χ4v) is 4.34. The lowest BCUT2D eigenvalue weighted by molar-refractivity contribution is -0.690. The molecule has 2 atom stereocenters. The summed E-state index contributed by atoms with van der Waals surface area (Å²) in [5.74, 6) is -0.636. The molecule has 3 rings (SSSR count). The van der Waals surface area contributed by atoms with Crippen LogP contribution in [0.4, 0.5) is 0 Å². The maximum atomic E-state index is 12.2. The van der Waals surface area contributed by atoms with Gasteiger partial charge in [-0.2, -0.15) is 5.10 Å². The molecule has 0 radical (unpaired) electrons. The van der Waals surface area contributed by atoms with Crippen molar-refractivity contribution in [1.82, 2.24) is 9.78 Å². The smallest absolute Gasteiger partial charge is 0.362 e. The molecule has 9 heteroatoms. The molecule has 1 fully saturated rings. The number of ether oxygens (including phenoxy) is 1. The maximum absolute atomic E-state index is 12.2. The van der Waals surface area contributed by atoms with Gasteiger partial charge in [-0.3, -0.25) is 4.68 Å². The quantitative estimate of drug-likeness (QED) is 0.382. The van der Waals surface area contributed by atoms with E-state index in [1.165, 1.54) is 16.4 Å². The lowest BCUT2D eigenvalue weighted by Gasteiger charge is -2.12. The monoisotopic (exact) mass is 459 g/mol. The topological polar surface area (TPSA) is 101 Å². The lowest BCUT2D eigenvalue weighted by atomic mass is 10.2. The maximum Gasteiger partial charge on any atom is 0.362 e. The number of nitrogens with two attached hydrogens (primary N) is 1. The van der Waals surface area contributed by atoms with Crippen molar-refractivity contribution in [3.8, 4) is 5.75 Å². The van der Waals surface area contributed by atoms with Crippen LogP contribution in [0.25, 0.3) is 0 Å². The number of thioether (sulfide) groups is 1. The van der Waals surface area contributed by atoms with E-state index in [9.17, 15) is 14.7 Å². The number of aromatic nitrogens is 2. The van der Waals surface area contributed by atoms with Crippen molar-refractivity contribution in [2.75, 3.05) is 5.75 Å². The van der Waals surface area contributed by atoms with E-state index >= 15 is 0 Å². The number of hydrogen-bond acceptors (Lipinski definition) is 6. The average Bonchev–Trinajstić information content (AvgIpc) is 3.14. The van der Waals surface area contributed by atoms with Gasteiger partial charge in [0, 0.05) is 18.7 Å². The van der Waals surface area contributed by atoms with Crippen molar-refractivity contribution in [2.24, 2.45) is 7.05 Å². The van der Waals surface area contributed by atoms with Crippen LogP contribution in [0.15, 0.2) is 30.3 Å². The molecule has 0 bridgehead atoms. The van der Waals surface area contributed by atoms with Crippen LogP contribution in [-0.2, 0) is 11.8 Å². The van der Waals surface area contributed by atoms with Crippen molar-refractivity contribution in [1.29, 1.82) is 0 Å². The molecule has 1 aromatic carbocycles. The minimum Gasteiger partial charge on any atom is -0.544 e. The van der Waals surface area contributed by atoms with E-state index in [1.54, 1.807) is 36.6 Å². The largest absolute Gasteiger partial charge is 0.544 e. The summed E-state index contributed by atoms with van der Waals surface area (Å²) in [5, 5.41) is 16.8. The first-order valence-corrected chi connectivity index (χ1v) is 9.26. The molecular weight excluding hydrogens is 445 g/mol. The van der Waals surface area contributed by atoms with Crippen molar-refractivity contribution in [3.05, 3.63) is 45.3 Å². The number of quaternary nitrogens is 1. The zero-order chi connectivity index (χ0) is 17.3. The summed E-state index contributed by atoms with van der Waals surface area (Å²) in [6.45, 7) is 0. The number of carbonyl (C=O) groups is 2. The first-order valence-electron chi connectivity index (χ1n) is 7.13. The summed E-state index contributed by atoms with van der Waals surface area (Å²) >= 11 is 3.56. The number of nitrogens with zero attached hydrogens (tertiary/aromatic N) is 2. The third-order valence-corrected chi connectivity index (χ3v) is 5.49. The van der Waals surface area contributed by atoms with Gasteiger partial charge in [-0.25, -0.2) is 4.79 Å². The Morgan fingerprint density at radius 3 is 2.88 bits per heavy atom. The summed E-state index contributed by atoms with van der Waals surface area (Å²) in [6.07, 6.45) is 0. The summed E-state index contributed by atoms with van der Waals surface area (Å²) in [4.78, 5) is 23.2. The fraction of sp³-hybridized carbons (Fsp3) is 0.267. The Morgan fingerprint density at radius 1 is 1.46 bits per heavy atom. The first kappa shape index (κ1) is 17.2. The summed E-state index contributed by atoms with van der Waals surface area (Å²) in [7, 11) is 1.68. The van der Waals surface area contributed by atoms with E-state index in [2.05, 4.69) is 5.10 Å². The number of carboxylic acids is 1. The van der Waals surface area contributed by atoms with Crippen molar-refractivity contribution < 1.29 is 24.7 Å². The number of aryl methyl sites for hydroxylation is 1. The number of benzene rings is 1. The van der Waals surface area contributed by atoms with Crippen LogP contribution in [-0.4, -0.2) is 33.5 Å². The fourth-order valence-electron chi connectivity index (χ4n) is 2.42. The Labute approximate surface area is 155 Å². The molecular formula is C15H14IN3O4S. The molecule has 1 aromatic heterocycles. The molecule has 0 amide bonds. The molecule has 1 aliphatic heterocycles. The number of hydrogen-bond donors (Lipinski definition) is 1. The molecule has 126 valence electrons. The number of carbonyl (C=O) groups excluding carboxylic acids is 2. The average molecular weight is 459 g/mol. The molecule has 7 nitrogen and oxygen atoms in total. The van der Waals surface area contributed by atoms with Gasteiger partial charge >= 0.3 is 5.97 Å². The SMILES string of the molecule is Cn1nc(I)cc1C(=O)Oc1cccc([C@H]2[NH2+][C@@H](C(=O)[O-])CS2)c1. The Morgan fingerprint density at radius 2 is 2.25 bits per heavy atom. The van der Waals surface area contributed by atoms with E-state index in [0.29, 0.717) is 20.9 Å². The van der Waals surface area contributed by atoms with E-state index in [-0.39, 0.29) is 5.37 Å². The number of carboxylic acid groups (broad SMARTS) is 1. The molecule has 0 aliphatic carbocycles. The predicted octanol–water partition coefficient (Wildman–Crippen LogP) is -0.329. The van der Waals surface area contributed by atoms with E-state index in [4.69, 9.17) is 4.74 Å². The number of halogens is 1. The van der Waals surface area contributed by atoms with Crippen LogP contribution >= 0.6 is 34.4 Å². The minimum absolute atomic E-state index is 0.0517. The highest BCUT2D eigenvalue weighted by molar-refractivity contribution is 14.1. The van der Waals surface area contributed by atoms with Gasteiger partial charge in [0.2, 0.25) is 0 Å². The van der Waals surface area contributed by atoms with Gasteiger partial charge in [-0.05, 0) is 34.7 Å². The van der Waals surface area contributed by atoms with E-state index in [0.717, 1.165) is 5.56 Å². The van der Waals surface area contributed by atoms with Crippen LogP contribution in [0.5, 0.6) is 5.75 Å². The van der Waals surface area contributed by atoms with Crippen LogP contribution in [0, 0.1) is 3.70 Å². The predicted molar refractivity (Wildman–Crippen MR) is 93.2 cm³/mol. The standard InChI is InChI=1S/C15H14IN3O4S/c1-19-11(6-12(16)18-19)15(22)23-9-4-2-3-8(5-9)13-17-10(7-24-13)14(20)21/h2-6,10,13,17H,7H2,1H3,(H,20,21)/t10-,13+/m1/s1. The second kappa shape index (κ2) is 7.11. The number of esters is 1. The summed E-state index contributed by atoms with van der Waals surface area (Å²) < 4.78 is 7.59. The van der Waals surface area contributed by atoms with Crippen molar-refractivity contribution in [3.63, 3.8) is 0 Å². The third kappa shape index (κ3) is 3.73. The highest BCUT2D eigenvalue weighted by Gasteiger charge is 2.31. The zero-order valence-electron chi connectivity index (χ0n) is 12.6. The van der Waals surface area contributed by atoms with E-state index in [1.807, 2.05) is 28.7 Å². The van der Waals surface area contributed by atoms with Gasteiger partial charge in [-0.15, -0.1) is 0 Å². The zero-order valence-corrected chi connectivity index (χ0v) is 15.6. The molecule has 2 N–H and O–H groups in total. The van der Waals surface area contributed by atoms with Crippen molar-refractivity contribution >= 4 is 46.3 Å². The van der Waals surface area contributed by atoms with Gasteiger partial charge in [0.1, 0.15) is 27.2 Å². The van der Waals surface area contributed by atoms with Gasteiger partial charge in [0.15, 0.2) is 5.37 Å². The molecule has 2 aromatic rings. The van der Waals surface area contributed by atoms with Crippen LogP contribution in [0.2, 0.25) is 0 Å². The molecule has 0 spiro atoms. The number of aliphatic carboxylic acids is 1. The molecule has 24 heavy (non-hydrogen) atoms. The normalized spacial score (nSPS) is 20.1. The summed E-state index contributed by atoms with van der Waals surface area (Å²) in [5.41, 5.74) is 1.26. The Hall–Kier alpha value is -1.59. The Bertz CT molecular complexity index is 795. The molecule has 2 heterocycles. The molecule has 0 unspecified atom stereocenters. The van der Waals surface area contributed by atoms with Gasteiger partial charge in [-0.1, -0.05) is 23.9 Å². The highest BCUT2D eigenvalue weighted by Crippen LogP contribution is 2.29. The van der Waals surface area contributed by atoms with Crippen LogP contribution < -0.4 is 15.2 Å². The molecule has 0 saturated carbocycles.